The lowest BCUT2D eigenvalue weighted by molar-refractivity contribution is 0.00708. The molecule has 0 saturated carbocycles. The van der Waals surface area contributed by atoms with Gasteiger partial charge < -0.3 is 53.1 Å². The van der Waals surface area contributed by atoms with Crippen LogP contribution in [0.1, 0.15) is 0 Å². The van der Waals surface area contributed by atoms with Crippen molar-refractivity contribution in [3.8, 4) is 23.0 Å². The van der Waals surface area contributed by atoms with Gasteiger partial charge in [-0.3, -0.25) is 0 Å². The fourth-order valence-electron chi connectivity index (χ4n) is 3.71. The smallest absolute Gasteiger partial charge is 0.163 e. The van der Waals surface area contributed by atoms with E-state index in [4.69, 9.17) is 53.1 Å². The van der Waals surface area contributed by atoms with Crippen molar-refractivity contribution >= 4 is 17.1 Å². The van der Waals surface area contributed by atoms with Gasteiger partial charge in [-0.05, 0) is 12.1 Å². The number of hydrogen-bond acceptors (Lipinski definition) is 13. The number of hydrogen-bond donors (Lipinski definition) is 1. The summed E-state index contributed by atoms with van der Waals surface area (Å²) in [6.07, 6.45) is 0. The van der Waals surface area contributed by atoms with Crippen LogP contribution in [0.5, 0.6) is 23.0 Å². The number of nitrogen functional groups attached to an aromatic ring is 1. The lowest BCUT2D eigenvalue weighted by Crippen LogP contribution is -2.13. The number of fused-ring (bicyclic) bond motifs is 2. The van der Waals surface area contributed by atoms with Gasteiger partial charge in [-0.2, -0.15) is 5.11 Å². The molecule has 0 bridgehead atoms. The summed E-state index contributed by atoms with van der Waals surface area (Å²) in [6, 6.07) is 8.67. The highest BCUT2D eigenvalue weighted by Gasteiger charge is 2.13. The first-order valence-electron chi connectivity index (χ1n) is 13.8. The van der Waals surface area contributed by atoms with Gasteiger partial charge in [0, 0.05) is 18.2 Å². The summed E-state index contributed by atoms with van der Waals surface area (Å²) in [5.74, 6) is 2.06. The molecule has 0 unspecified atom stereocenters. The second-order valence-corrected chi connectivity index (χ2v) is 8.76. The van der Waals surface area contributed by atoms with E-state index in [9.17, 15) is 0 Å². The van der Waals surface area contributed by atoms with E-state index in [1.165, 1.54) is 0 Å². The molecule has 0 fully saturated rings. The molecule has 0 spiro atoms. The van der Waals surface area contributed by atoms with Crippen molar-refractivity contribution in [2.24, 2.45) is 10.2 Å². The molecular weight excluding hydrogens is 538 g/mol. The molecule has 2 N–H and O–H groups in total. The molecule has 2 aliphatic heterocycles. The second-order valence-electron chi connectivity index (χ2n) is 8.76. The Labute approximate surface area is 239 Å². The summed E-state index contributed by atoms with van der Waals surface area (Å²) in [6.45, 7) is 6.91. The standard InChI is InChI=1S/C28H39N3O10/c29-23-20-27-28(41-18-14-37-10-6-33-5-9-36-13-17-40-27)21-24(23)31-30-22-1-2-25-26(19-22)39-16-12-35-8-4-32-3-7-34-11-15-38-25/h1-2,19-21H,3-18,29H2. The number of benzene rings is 2. The van der Waals surface area contributed by atoms with E-state index < -0.39 is 0 Å². The van der Waals surface area contributed by atoms with Crippen LogP contribution in [-0.4, -0.2) is 106 Å². The van der Waals surface area contributed by atoms with Crippen LogP contribution < -0.4 is 24.7 Å². The van der Waals surface area contributed by atoms with Gasteiger partial charge in [-0.25, -0.2) is 0 Å². The lowest BCUT2D eigenvalue weighted by Gasteiger charge is -2.15. The molecule has 13 heteroatoms. The number of nitrogens with zero attached hydrogens (tertiary/aromatic N) is 2. The van der Waals surface area contributed by atoms with Gasteiger partial charge in [0.15, 0.2) is 23.0 Å². The van der Waals surface area contributed by atoms with Crippen LogP contribution in [-0.2, 0) is 28.4 Å². The first kappa shape index (κ1) is 30.8. The Morgan fingerprint density at radius 2 is 0.805 bits per heavy atom. The van der Waals surface area contributed by atoms with Crippen molar-refractivity contribution in [2.45, 2.75) is 0 Å². The van der Waals surface area contributed by atoms with Gasteiger partial charge >= 0.3 is 0 Å². The minimum atomic E-state index is 0.317. The third kappa shape index (κ3) is 11.3. The average molecular weight is 578 g/mol. The Balaban J connectivity index is 1.45. The molecule has 2 heterocycles. The Morgan fingerprint density at radius 3 is 1.29 bits per heavy atom. The number of ether oxygens (including phenoxy) is 10. The maximum Gasteiger partial charge on any atom is 0.163 e. The highest BCUT2D eigenvalue weighted by molar-refractivity contribution is 5.69. The molecule has 13 nitrogen and oxygen atoms in total. The van der Waals surface area contributed by atoms with E-state index in [2.05, 4.69) is 10.2 Å². The van der Waals surface area contributed by atoms with Crippen LogP contribution in [0, 0.1) is 0 Å². The summed E-state index contributed by atoms with van der Waals surface area (Å²) >= 11 is 0. The summed E-state index contributed by atoms with van der Waals surface area (Å²) < 4.78 is 56.6. The molecule has 0 atom stereocenters. The molecule has 226 valence electrons. The van der Waals surface area contributed by atoms with Crippen LogP contribution in [0.15, 0.2) is 40.6 Å². The largest absolute Gasteiger partial charge is 0.487 e. The zero-order chi connectivity index (χ0) is 28.4. The monoisotopic (exact) mass is 577 g/mol. The Morgan fingerprint density at radius 1 is 0.415 bits per heavy atom. The fraction of sp³-hybridized carbons (Fsp3) is 0.571. The fourth-order valence-corrected chi connectivity index (χ4v) is 3.71. The van der Waals surface area contributed by atoms with Crippen LogP contribution >= 0.6 is 0 Å². The first-order chi connectivity index (χ1) is 20.3. The molecular formula is C28H39N3O10. The van der Waals surface area contributed by atoms with Crippen LogP contribution in [0.3, 0.4) is 0 Å². The van der Waals surface area contributed by atoms with Crippen LogP contribution in [0.4, 0.5) is 17.1 Å². The highest BCUT2D eigenvalue weighted by atomic mass is 16.6. The van der Waals surface area contributed by atoms with Crippen molar-refractivity contribution in [2.75, 3.05) is 111 Å². The normalized spacial score (nSPS) is 19.3. The molecule has 0 aromatic heterocycles. The Kier molecular flexibility index (Phi) is 13.7. The maximum absolute atomic E-state index is 6.29. The topological polar surface area (TPSA) is 143 Å². The minimum absolute atomic E-state index is 0.317. The first-order valence-corrected chi connectivity index (χ1v) is 13.8. The van der Waals surface area contributed by atoms with Crippen LogP contribution in [0.25, 0.3) is 0 Å². The van der Waals surface area contributed by atoms with E-state index in [1.54, 1.807) is 30.3 Å². The molecule has 4 rings (SSSR count). The molecule has 0 amide bonds. The quantitative estimate of drug-likeness (QED) is 0.415. The number of rotatable bonds is 2. The number of anilines is 1. The van der Waals surface area contributed by atoms with Crippen molar-refractivity contribution in [1.82, 2.24) is 0 Å². The van der Waals surface area contributed by atoms with Crippen LogP contribution in [0.2, 0.25) is 0 Å². The molecule has 2 aromatic rings. The predicted octanol–water partition coefficient (Wildman–Crippen LogP) is 3.33. The van der Waals surface area contributed by atoms with E-state index in [0.717, 1.165) is 0 Å². The van der Waals surface area contributed by atoms with Crippen molar-refractivity contribution in [1.29, 1.82) is 0 Å². The lowest BCUT2D eigenvalue weighted by atomic mass is 10.2. The summed E-state index contributed by atoms with van der Waals surface area (Å²) in [7, 11) is 0. The Bertz CT molecular complexity index is 1070. The zero-order valence-corrected chi connectivity index (χ0v) is 23.3. The molecule has 0 aliphatic carbocycles. The molecule has 41 heavy (non-hydrogen) atoms. The third-order valence-corrected chi connectivity index (χ3v) is 5.72. The van der Waals surface area contributed by atoms with E-state index in [-0.39, 0.29) is 0 Å². The highest BCUT2D eigenvalue weighted by Crippen LogP contribution is 2.38. The van der Waals surface area contributed by atoms with Crippen molar-refractivity contribution < 1.29 is 47.4 Å². The van der Waals surface area contributed by atoms with Gasteiger partial charge in [0.25, 0.3) is 0 Å². The maximum atomic E-state index is 6.29. The van der Waals surface area contributed by atoms with E-state index in [1.807, 2.05) is 0 Å². The van der Waals surface area contributed by atoms with Crippen molar-refractivity contribution in [3.05, 3.63) is 30.3 Å². The third-order valence-electron chi connectivity index (χ3n) is 5.72. The Hall–Kier alpha value is -3.20. The summed E-state index contributed by atoms with van der Waals surface area (Å²) in [4.78, 5) is 0. The molecule has 2 aliphatic rings. The SMILES string of the molecule is Nc1cc2c(cc1N=Nc1ccc3c(c1)OCCOCCOCCOCCO3)OCCOCCOCCOCCO2. The van der Waals surface area contributed by atoms with Gasteiger partial charge in [0.05, 0.1) is 90.7 Å². The second kappa shape index (κ2) is 18.3. The van der Waals surface area contributed by atoms with Gasteiger partial charge in [0.1, 0.15) is 32.1 Å². The molecule has 0 saturated heterocycles. The number of azo groups is 1. The molecule has 0 radical (unpaired) electrons. The number of nitrogens with two attached hydrogens (primary N) is 1. The average Bonchev–Trinajstić information content (AvgIpc) is 2.99. The van der Waals surface area contributed by atoms with E-state index in [0.29, 0.717) is 146 Å². The summed E-state index contributed by atoms with van der Waals surface area (Å²) in [5, 5.41) is 8.76. The summed E-state index contributed by atoms with van der Waals surface area (Å²) in [5.41, 5.74) is 7.66. The minimum Gasteiger partial charge on any atom is -0.487 e. The zero-order valence-electron chi connectivity index (χ0n) is 23.3. The van der Waals surface area contributed by atoms with E-state index >= 15 is 0 Å². The molecule has 2 aromatic carbocycles. The van der Waals surface area contributed by atoms with Gasteiger partial charge in [0.2, 0.25) is 0 Å². The predicted molar refractivity (Wildman–Crippen MR) is 148 cm³/mol. The van der Waals surface area contributed by atoms with Gasteiger partial charge in [-0.15, -0.1) is 5.11 Å². The van der Waals surface area contributed by atoms with Gasteiger partial charge in [-0.1, -0.05) is 0 Å². The van der Waals surface area contributed by atoms with Crippen molar-refractivity contribution in [3.63, 3.8) is 0 Å².